The second kappa shape index (κ2) is 3.80. The first-order valence-electron chi connectivity index (χ1n) is 3.34. The Bertz CT molecular complexity index is 371. The molecule has 0 radical (unpaired) electrons. The van der Waals surface area contributed by atoms with E-state index in [1.807, 2.05) is 24.5 Å². The van der Waals surface area contributed by atoms with Crippen LogP contribution in [-0.2, 0) is 0 Å². The Kier molecular flexibility index (Phi) is 2.74. The maximum Gasteiger partial charge on any atom is 0.138 e. The number of benzene rings is 1. The number of hydrogen-bond acceptors (Lipinski definition) is 3. The highest BCUT2D eigenvalue weighted by molar-refractivity contribution is 8.03. The number of thioether (sulfide) groups is 1. The van der Waals surface area contributed by atoms with E-state index in [0.29, 0.717) is 5.56 Å². The van der Waals surface area contributed by atoms with Gasteiger partial charge in [-0.05, 0) is 36.4 Å². The number of hydrogen-bond donors (Lipinski definition) is 0. The van der Waals surface area contributed by atoms with E-state index < -0.39 is 0 Å². The van der Waals surface area contributed by atoms with Crippen LogP contribution in [0.2, 0.25) is 0 Å². The van der Waals surface area contributed by atoms with E-state index in [9.17, 15) is 0 Å². The normalized spacial score (nSPS) is 8.58. The molecule has 0 aliphatic rings. The molecule has 1 aromatic rings. The van der Waals surface area contributed by atoms with Gasteiger partial charge in [0, 0.05) is 4.90 Å². The number of nitrogens with zero attached hydrogens (tertiary/aromatic N) is 2. The lowest BCUT2D eigenvalue weighted by atomic mass is 10.2. The SMILES string of the molecule is Cc1ccc(SC#N)c(C#N)c1. The Morgan fingerprint density at radius 2 is 2.08 bits per heavy atom. The van der Waals surface area contributed by atoms with Crippen molar-refractivity contribution in [3.8, 4) is 11.5 Å². The van der Waals surface area contributed by atoms with Gasteiger partial charge in [-0.15, -0.1) is 0 Å². The van der Waals surface area contributed by atoms with Crippen molar-refractivity contribution < 1.29 is 0 Å². The van der Waals surface area contributed by atoms with Crippen LogP contribution in [0.4, 0.5) is 0 Å². The molecule has 0 spiro atoms. The van der Waals surface area contributed by atoms with Crippen LogP contribution in [0.25, 0.3) is 0 Å². The summed E-state index contributed by atoms with van der Waals surface area (Å²) in [6, 6.07) is 7.51. The fourth-order valence-corrected chi connectivity index (χ4v) is 1.32. The zero-order valence-corrected chi connectivity index (χ0v) is 7.35. The van der Waals surface area contributed by atoms with Crippen molar-refractivity contribution in [3.63, 3.8) is 0 Å². The molecule has 0 N–H and O–H groups in total. The lowest BCUT2D eigenvalue weighted by Gasteiger charge is -1.97. The van der Waals surface area contributed by atoms with Gasteiger partial charge in [-0.25, -0.2) is 0 Å². The first kappa shape index (κ1) is 8.64. The van der Waals surface area contributed by atoms with Gasteiger partial charge in [-0.2, -0.15) is 10.5 Å². The van der Waals surface area contributed by atoms with E-state index in [2.05, 4.69) is 0 Å². The third kappa shape index (κ3) is 1.78. The minimum absolute atomic E-state index is 0.571. The number of aryl methyl sites for hydroxylation is 1. The molecule has 0 fully saturated rings. The van der Waals surface area contributed by atoms with Crippen LogP contribution >= 0.6 is 11.8 Å². The largest absolute Gasteiger partial charge is 0.192 e. The third-order valence-electron chi connectivity index (χ3n) is 1.41. The van der Waals surface area contributed by atoms with E-state index in [1.165, 1.54) is 0 Å². The van der Waals surface area contributed by atoms with E-state index in [1.54, 1.807) is 12.1 Å². The van der Waals surface area contributed by atoms with E-state index in [-0.39, 0.29) is 0 Å². The summed E-state index contributed by atoms with van der Waals surface area (Å²) in [4.78, 5) is 0.727. The summed E-state index contributed by atoms with van der Waals surface area (Å²) in [6.07, 6.45) is 0. The number of rotatable bonds is 1. The van der Waals surface area contributed by atoms with Crippen LogP contribution in [-0.4, -0.2) is 0 Å². The van der Waals surface area contributed by atoms with Gasteiger partial charge in [0.05, 0.1) is 5.56 Å². The van der Waals surface area contributed by atoms with Crippen molar-refractivity contribution >= 4 is 11.8 Å². The van der Waals surface area contributed by atoms with Gasteiger partial charge >= 0.3 is 0 Å². The maximum atomic E-state index is 8.70. The molecule has 12 heavy (non-hydrogen) atoms. The Morgan fingerprint density at radius 1 is 1.33 bits per heavy atom. The van der Waals surface area contributed by atoms with Gasteiger partial charge in [-0.3, -0.25) is 0 Å². The van der Waals surface area contributed by atoms with E-state index in [0.717, 1.165) is 22.2 Å². The Balaban J connectivity index is 3.15. The fraction of sp³-hybridized carbons (Fsp3) is 0.111. The summed E-state index contributed by atoms with van der Waals surface area (Å²) in [5, 5.41) is 19.1. The van der Waals surface area contributed by atoms with Gasteiger partial charge in [0.15, 0.2) is 0 Å². The molecule has 0 aliphatic heterocycles. The quantitative estimate of drug-likeness (QED) is 0.485. The Labute approximate surface area is 75.4 Å². The molecule has 0 unspecified atom stereocenters. The summed E-state index contributed by atoms with van der Waals surface area (Å²) >= 11 is 1.02. The molecule has 0 saturated heterocycles. The highest BCUT2D eigenvalue weighted by atomic mass is 32.2. The standard InChI is InChI=1S/C9H6N2S/c1-7-2-3-9(12-6-11)8(4-7)5-10/h2-4H,1H3. The first-order chi connectivity index (χ1) is 5.77. The molecule has 0 atom stereocenters. The molecule has 2 nitrogen and oxygen atoms in total. The molecular weight excluding hydrogens is 168 g/mol. The van der Waals surface area contributed by atoms with Gasteiger partial charge in [0.25, 0.3) is 0 Å². The van der Waals surface area contributed by atoms with Crippen molar-refractivity contribution in [3.05, 3.63) is 29.3 Å². The van der Waals surface area contributed by atoms with Crippen molar-refractivity contribution in [1.82, 2.24) is 0 Å². The molecule has 1 rings (SSSR count). The topological polar surface area (TPSA) is 47.6 Å². The van der Waals surface area contributed by atoms with E-state index >= 15 is 0 Å². The maximum absolute atomic E-state index is 8.70. The van der Waals surface area contributed by atoms with Crippen molar-refractivity contribution in [1.29, 1.82) is 10.5 Å². The summed E-state index contributed by atoms with van der Waals surface area (Å²) in [6.45, 7) is 1.92. The highest BCUT2D eigenvalue weighted by Gasteiger charge is 2.01. The monoisotopic (exact) mass is 174 g/mol. The predicted octanol–water partition coefficient (Wildman–Crippen LogP) is 2.44. The summed E-state index contributed by atoms with van der Waals surface area (Å²) in [5.41, 5.74) is 1.61. The van der Waals surface area contributed by atoms with Gasteiger partial charge < -0.3 is 0 Å². The minimum atomic E-state index is 0.571. The van der Waals surface area contributed by atoms with E-state index in [4.69, 9.17) is 10.5 Å². The molecule has 58 valence electrons. The lowest BCUT2D eigenvalue weighted by Crippen LogP contribution is -1.81. The second-order valence-corrected chi connectivity index (χ2v) is 3.13. The molecule has 3 heteroatoms. The van der Waals surface area contributed by atoms with Gasteiger partial charge in [-0.1, -0.05) is 6.07 Å². The van der Waals surface area contributed by atoms with Crippen molar-refractivity contribution in [2.24, 2.45) is 0 Å². The smallest absolute Gasteiger partial charge is 0.138 e. The summed E-state index contributed by atoms with van der Waals surface area (Å²) < 4.78 is 0. The third-order valence-corrected chi connectivity index (χ3v) is 2.08. The number of thiocyanates is 1. The second-order valence-electron chi connectivity index (χ2n) is 2.30. The highest BCUT2D eigenvalue weighted by Crippen LogP contribution is 2.21. The van der Waals surface area contributed by atoms with Crippen molar-refractivity contribution in [2.75, 3.05) is 0 Å². The Hall–Kier alpha value is -1.45. The zero-order valence-electron chi connectivity index (χ0n) is 6.53. The van der Waals surface area contributed by atoms with Crippen LogP contribution in [0.3, 0.4) is 0 Å². The molecule has 0 heterocycles. The lowest BCUT2D eigenvalue weighted by molar-refractivity contribution is 1.32. The molecule has 0 aliphatic carbocycles. The molecule has 1 aromatic carbocycles. The molecule has 0 aromatic heterocycles. The van der Waals surface area contributed by atoms with Crippen molar-refractivity contribution in [2.45, 2.75) is 11.8 Å². The van der Waals surface area contributed by atoms with Crippen LogP contribution in [0, 0.1) is 28.9 Å². The average molecular weight is 174 g/mol. The Morgan fingerprint density at radius 3 is 2.67 bits per heavy atom. The van der Waals surface area contributed by atoms with Gasteiger partial charge in [0.1, 0.15) is 11.5 Å². The molecule has 0 amide bonds. The molecular formula is C9H6N2S. The zero-order chi connectivity index (χ0) is 8.97. The van der Waals surface area contributed by atoms with Gasteiger partial charge in [0.2, 0.25) is 0 Å². The summed E-state index contributed by atoms with van der Waals surface area (Å²) in [5.74, 6) is 0. The molecule has 0 saturated carbocycles. The van der Waals surface area contributed by atoms with Crippen LogP contribution in [0.1, 0.15) is 11.1 Å². The van der Waals surface area contributed by atoms with Crippen LogP contribution in [0.5, 0.6) is 0 Å². The van der Waals surface area contributed by atoms with Crippen LogP contribution in [0.15, 0.2) is 23.1 Å². The average Bonchev–Trinajstić information content (AvgIpc) is 2.08. The number of nitriles is 2. The van der Waals surface area contributed by atoms with Crippen LogP contribution < -0.4 is 0 Å². The molecule has 0 bridgehead atoms. The fourth-order valence-electron chi connectivity index (χ4n) is 0.869. The minimum Gasteiger partial charge on any atom is -0.192 e. The first-order valence-corrected chi connectivity index (χ1v) is 4.16. The predicted molar refractivity (Wildman–Crippen MR) is 47.4 cm³/mol. The summed E-state index contributed by atoms with van der Waals surface area (Å²) in [7, 11) is 0.